The zero-order valence-electron chi connectivity index (χ0n) is 18.4. The van der Waals surface area contributed by atoms with Gasteiger partial charge in [-0.25, -0.2) is 9.97 Å². The summed E-state index contributed by atoms with van der Waals surface area (Å²) in [4.78, 5) is 20.5. The summed E-state index contributed by atoms with van der Waals surface area (Å²) in [6.45, 7) is 4.38. The van der Waals surface area contributed by atoms with Crippen molar-refractivity contribution in [3.05, 3.63) is 72.4 Å². The molecule has 0 aliphatic carbocycles. The largest absolute Gasteiger partial charge is 0.457 e. The molecule has 9 heteroatoms. The van der Waals surface area contributed by atoms with Gasteiger partial charge in [-0.15, -0.1) is 0 Å². The number of amides is 1. The van der Waals surface area contributed by atoms with Crippen LogP contribution in [0.2, 0.25) is 0 Å². The fourth-order valence-corrected chi connectivity index (χ4v) is 3.31. The fraction of sp³-hybridized carbons (Fsp3) is 0.167. The van der Waals surface area contributed by atoms with Crippen LogP contribution in [0.1, 0.15) is 18.9 Å². The summed E-state index contributed by atoms with van der Waals surface area (Å²) in [6.07, 6.45) is 8.75. The van der Waals surface area contributed by atoms with Crippen LogP contribution in [0.25, 0.3) is 10.9 Å². The highest BCUT2D eigenvalue weighted by atomic mass is 16.5. The molecule has 1 aliphatic rings. The van der Waals surface area contributed by atoms with Gasteiger partial charge in [-0.1, -0.05) is 6.92 Å². The van der Waals surface area contributed by atoms with Crippen molar-refractivity contribution in [1.29, 1.82) is 0 Å². The molecule has 9 nitrogen and oxygen atoms in total. The predicted octanol–water partition coefficient (Wildman–Crippen LogP) is 4.02. The highest BCUT2D eigenvalue weighted by Crippen LogP contribution is 2.29. The molecule has 0 fully saturated rings. The van der Waals surface area contributed by atoms with Gasteiger partial charge >= 0.3 is 0 Å². The SMILES string of the molecule is CCC(=O)Nc1ccc2ncnc(Nc3ccc(OC4=CCN(/N=C\N)C=C4)c(C)c3)c2c1. The van der Waals surface area contributed by atoms with E-state index in [1.54, 1.807) is 11.2 Å². The highest BCUT2D eigenvalue weighted by molar-refractivity contribution is 5.97. The van der Waals surface area contributed by atoms with E-state index in [1.165, 1.54) is 12.7 Å². The topological polar surface area (TPSA) is 118 Å². The minimum atomic E-state index is -0.0466. The molecule has 1 aromatic heterocycles. The molecule has 0 atom stereocenters. The van der Waals surface area contributed by atoms with Crippen molar-refractivity contribution in [1.82, 2.24) is 15.0 Å². The number of aromatic nitrogens is 2. The Morgan fingerprint density at radius 1 is 1.24 bits per heavy atom. The number of ether oxygens (including phenoxy) is 1. The van der Waals surface area contributed by atoms with Crippen LogP contribution in [0.3, 0.4) is 0 Å². The normalized spacial score (nSPS) is 13.3. The van der Waals surface area contributed by atoms with Crippen LogP contribution in [0, 0.1) is 6.92 Å². The molecule has 4 rings (SSSR count). The van der Waals surface area contributed by atoms with Crippen LogP contribution in [0.15, 0.2) is 71.9 Å². The monoisotopic (exact) mass is 443 g/mol. The van der Waals surface area contributed by atoms with Gasteiger partial charge in [-0.3, -0.25) is 9.80 Å². The predicted molar refractivity (Wildman–Crippen MR) is 130 cm³/mol. The zero-order valence-corrected chi connectivity index (χ0v) is 18.4. The third kappa shape index (κ3) is 5.27. The Morgan fingerprint density at radius 3 is 2.82 bits per heavy atom. The van der Waals surface area contributed by atoms with Crippen molar-refractivity contribution in [2.75, 3.05) is 17.2 Å². The van der Waals surface area contributed by atoms with Crippen molar-refractivity contribution in [2.24, 2.45) is 10.8 Å². The summed E-state index contributed by atoms with van der Waals surface area (Å²) in [5, 5.41) is 12.7. The Balaban J connectivity index is 1.51. The van der Waals surface area contributed by atoms with E-state index < -0.39 is 0 Å². The second kappa shape index (κ2) is 9.82. The lowest BCUT2D eigenvalue weighted by Crippen LogP contribution is -2.16. The van der Waals surface area contributed by atoms with Crippen molar-refractivity contribution < 1.29 is 9.53 Å². The Hall–Kier alpha value is -4.40. The first-order valence-electron chi connectivity index (χ1n) is 10.5. The lowest BCUT2D eigenvalue weighted by atomic mass is 10.1. The first-order valence-corrected chi connectivity index (χ1v) is 10.5. The van der Waals surface area contributed by atoms with Crippen LogP contribution in [0.4, 0.5) is 17.2 Å². The number of aryl methyl sites for hydroxylation is 1. The molecular formula is C24H25N7O2. The quantitative estimate of drug-likeness (QED) is 0.373. The Kier molecular flexibility index (Phi) is 6.49. The third-order valence-corrected chi connectivity index (χ3v) is 5.01. The maximum absolute atomic E-state index is 11.8. The molecule has 0 radical (unpaired) electrons. The number of nitrogens with two attached hydrogens (primary N) is 1. The average molecular weight is 444 g/mol. The first-order chi connectivity index (χ1) is 16.1. The number of rotatable bonds is 7. The van der Waals surface area contributed by atoms with Gasteiger partial charge < -0.3 is 21.1 Å². The van der Waals surface area contributed by atoms with Crippen molar-refractivity contribution in [3.63, 3.8) is 0 Å². The standard InChI is InChI=1S/C24H25N7O2/c1-3-23(32)29-18-4-6-21-20(13-18)24(27-15-26-21)30-17-5-7-22(16(2)12-17)33-19-8-10-31(11-9-19)28-14-25/h4-10,12-15H,3,11H2,1-2H3,(H2,25,28)(H,29,32)(H,26,27,30). The Labute approximate surface area is 191 Å². The summed E-state index contributed by atoms with van der Waals surface area (Å²) >= 11 is 0. The van der Waals surface area contributed by atoms with Crippen LogP contribution < -0.4 is 21.1 Å². The van der Waals surface area contributed by atoms with Gasteiger partial charge in [0.05, 0.1) is 12.1 Å². The van der Waals surface area contributed by atoms with Crippen LogP contribution >= 0.6 is 0 Å². The van der Waals surface area contributed by atoms with E-state index in [9.17, 15) is 4.79 Å². The van der Waals surface area contributed by atoms with Gasteiger partial charge in [-0.05, 0) is 61.0 Å². The summed E-state index contributed by atoms with van der Waals surface area (Å²) in [7, 11) is 0. The van der Waals surface area contributed by atoms with Gasteiger partial charge in [0.15, 0.2) is 0 Å². The molecule has 168 valence electrons. The maximum atomic E-state index is 11.8. The van der Waals surface area contributed by atoms with E-state index in [1.807, 2.05) is 62.4 Å². The number of hydrogen-bond acceptors (Lipinski definition) is 7. The number of anilines is 3. The third-order valence-electron chi connectivity index (χ3n) is 5.01. The lowest BCUT2D eigenvalue weighted by molar-refractivity contribution is -0.115. The van der Waals surface area contributed by atoms with E-state index in [0.717, 1.165) is 33.7 Å². The smallest absolute Gasteiger partial charge is 0.224 e. The van der Waals surface area contributed by atoms with E-state index >= 15 is 0 Å². The van der Waals surface area contributed by atoms with Crippen LogP contribution in [-0.4, -0.2) is 33.8 Å². The van der Waals surface area contributed by atoms with Crippen molar-refractivity contribution >= 4 is 40.3 Å². The Bertz CT molecular complexity index is 1270. The molecule has 0 bridgehead atoms. The molecule has 4 N–H and O–H groups in total. The van der Waals surface area contributed by atoms with Crippen LogP contribution in [-0.2, 0) is 4.79 Å². The molecule has 3 aromatic rings. The second-order valence-electron chi connectivity index (χ2n) is 7.37. The number of carbonyl (C=O) groups excluding carboxylic acids is 1. The molecule has 33 heavy (non-hydrogen) atoms. The van der Waals surface area contributed by atoms with Gasteiger partial charge in [0.1, 0.15) is 30.0 Å². The van der Waals surface area contributed by atoms with E-state index in [2.05, 4.69) is 25.7 Å². The zero-order chi connectivity index (χ0) is 23.2. The summed E-state index contributed by atoms with van der Waals surface area (Å²) in [6, 6.07) is 11.4. The molecule has 0 spiro atoms. The Morgan fingerprint density at radius 2 is 2.09 bits per heavy atom. The molecule has 1 aliphatic heterocycles. The van der Waals surface area contributed by atoms with Gasteiger partial charge in [0.2, 0.25) is 5.91 Å². The summed E-state index contributed by atoms with van der Waals surface area (Å²) in [5.41, 5.74) is 8.63. The number of fused-ring (bicyclic) bond motifs is 1. The number of benzene rings is 2. The summed E-state index contributed by atoms with van der Waals surface area (Å²) in [5.74, 6) is 2.10. The fourth-order valence-electron chi connectivity index (χ4n) is 3.31. The molecule has 1 amide bonds. The van der Waals surface area contributed by atoms with Gasteiger partial charge in [0, 0.05) is 29.4 Å². The van der Waals surface area contributed by atoms with E-state index in [-0.39, 0.29) is 5.91 Å². The maximum Gasteiger partial charge on any atom is 0.224 e. The van der Waals surface area contributed by atoms with E-state index in [4.69, 9.17) is 10.5 Å². The van der Waals surface area contributed by atoms with Crippen molar-refractivity contribution in [2.45, 2.75) is 20.3 Å². The summed E-state index contributed by atoms with van der Waals surface area (Å²) < 4.78 is 6.02. The molecule has 0 saturated carbocycles. The molecule has 0 saturated heterocycles. The molecule has 2 aromatic carbocycles. The van der Waals surface area contributed by atoms with E-state index in [0.29, 0.717) is 24.5 Å². The number of hydrogen-bond donors (Lipinski definition) is 3. The second-order valence-corrected chi connectivity index (χ2v) is 7.37. The number of nitrogens with one attached hydrogen (secondary N) is 2. The first kappa shape index (κ1) is 21.8. The average Bonchev–Trinajstić information content (AvgIpc) is 2.82. The minimum Gasteiger partial charge on any atom is -0.457 e. The van der Waals surface area contributed by atoms with Crippen molar-refractivity contribution in [3.8, 4) is 5.75 Å². The van der Waals surface area contributed by atoms with Crippen LogP contribution in [0.5, 0.6) is 5.75 Å². The number of carbonyl (C=O) groups is 1. The van der Waals surface area contributed by atoms with Gasteiger partial charge in [-0.2, -0.15) is 5.10 Å². The highest BCUT2D eigenvalue weighted by Gasteiger charge is 2.10. The molecular weight excluding hydrogens is 418 g/mol. The number of hydrazone groups is 1. The number of nitrogens with zero attached hydrogens (tertiary/aromatic N) is 4. The number of allylic oxidation sites excluding steroid dienone is 1. The lowest BCUT2D eigenvalue weighted by Gasteiger charge is -2.18. The molecule has 0 unspecified atom stereocenters. The van der Waals surface area contributed by atoms with Gasteiger partial charge in [0.25, 0.3) is 0 Å². The molecule has 2 heterocycles. The minimum absolute atomic E-state index is 0.0466.